The van der Waals surface area contributed by atoms with Crippen molar-refractivity contribution in [3.8, 4) is 0 Å². The molecule has 1 saturated heterocycles. The molecule has 1 aromatic carbocycles. The highest BCUT2D eigenvalue weighted by Crippen LogP contribution is 2.21. The predicted octanol–water partition coefficient (Wildman–Crippen LogP) is 2.22. The van der Waals surface area contributed by atoms with Crippen molar-refractivity contribution in [3.05, 3.63) is 35.9 Å². The summed E-state index contributed by atoms with van der Waals surface area (Å²) in [5.41, 5.74) is 1.18. The van der Waals surface area contributed by atoms with Crippen LogP contribution >= 0.6 is 0 Å². The third kappa shape index (κ3) is 4.83. The lowest BCUT2D eigenvalue weighted by molar-refractivity contribution is -0.125. The van der Waals surface area contributed by atoms with Gasteiger partial charge in [0.1, 0.15) is 0 Å². The summed E-state index contributed by atoms with van der Waals surface area (Å²) in [7, 11) is 0. The van der Waals surface area contributed by atoms with Crippen molar-refractivity contribution < 1.29 is 9.53 Å². The molecule has 1 fully saturated rings. The van der Waals surface area contributed by atoms with Gasteiger partial charge in [-0.05, 0) is 18.4 Å². The van der Waals surface area contributed by atoms with Crippen LogP contribution in [-0.2, 0) is 9.53 Å². The van der Waals surface area contributed by atoms with Gasteiger partial charge in [-0.15, -0.1) is 0 Å². The molecule has 116 valence electrons. The summed E-state index contributed by atoms with van der Waals surface area (Å²) >= 11 is 0. The molecule has 0 aliphatic carbocycles. The first-order chi connectivity index (χ1) is 10.1. The molecule has 1 aliphatic rings. The van der Waals surface area contributed by atoms with Crippen molar-refractivity contribution in [2.24, 2.45) is 5.92 Å². The van der Waals surface area contributed by atoms with Gasteiger partial charge in [-0.1, -0.05) is 44.2 Å². The maximum Gasteiger partial charge on any atom is 0.234 e. The number of rotatable bonds is 5. The van der Waals surface area contributed by atoms with E-state index in [1.54, 1.807) is 0 Å². The third-order valence-electron chi connectivity index (χ3n) is 4.08. The first-order valence-electron chi connectivity index (χ1n) is 7.74. The van der Waals surface area contributed by atoms with E-state index in [9.17, 15) is 4.79 Å². The average molecular weight is 290 g/mol. The molecular formula is C17H26N2O2. The van der Waals surface area contributed by atoms with Gasteiger partial charge in [-0.2, -0.15) is 0 Å². The molecule has 0 saturated carbocycles. The Kier molecular flexibility index (Phi) is 5.76. The number of carbonyl (C=O) groups excluding carboxylic acids is 1. The zero-order valence-electron chi connectivity index (χ0n) is 13.2. The van der Waals surface area contributed by atoms with Crippen LogP contribution in [0.5, 0.6) is 0 Å². The van der Waals surface area contributed by atoms with Crippen molar-refractivity contribution in [2.75, 3.05) is 26.2 Å². The first-order valence-corrected chi connectivity index (χ1v) is 7.74. The van der Waals surface area contributed by atoms with E-state index < -0.39 is 0 Å². The summed E-state index contributed by atoms with van der Waals surface area (Å²) in [6.07, 6.45) is 0.0651. The number of nitrogens with one attached hydrogen (secondary N) is 1. The van der Waals surface area contributed by atoms with Crippen molar-refractivity contribution in [1.29, 1.82) is 0 Å². The maximum atomic E-state index is 12.1. The zero-order valence-corrected chi connectivity index (χ0v) is 13.2. The van der Waals surface area contributed by atoms with Gasteiger partial charge in [-0.25, -0.2) is 0 Å². The van der Waals surface area contributed by atoms with Crippen molar-refractivity contribution in [3.63, 3.8) is 0 Å². The van der Waals surface area contributed by atoms with E-state index >= 15 is 0 Å². The van der Waals surface area contributed by atoms with Gasteiger partial charge < -0.3 is 10.1 Å². The fraction of sp³-hybridized carbons (Fsp3) is 0.588. The highest BCUT2D eigenvalue weighted by atomic mass is 16.5. The van der Waals surface area contributed by atoms with E-state index in [0.29, 0.717) is 19.1 Å². The first kappa shape index (κ1) is 16.0. The number of hydrogen-bond acceptors (Lipinski definition) is 3. The van der Waals surface area contributed by atoms with Crippen LogP contribution in [0.3, 0.4) is 0 Å². The van der Waals surface area contributed by atoms with Crippen LogP contribution in [0.2, 0.25) is 0 Å². The predicted molar refractivity (Wildman–Crippen MR) is 84.0 cm³/mol. The van der Waals surface area contributed by atoms with Crippen LogP contribution in [0, 0.1) is 5.92 Å². The van der Waals surface area contributed by atoms with Gasteiger partial charge in [0, 0.05) is 19.1 Å². The Morgan fingerprint density at radius 2 is 2.05 bits per heavy atom. The van der Waals surface area contributed by atoms with E-state index in [1.807, 2.05) is 18.2 Å². The Morgan fingerprint density at radius 3 is 2.71 bits per heavy atom. The minimum atomic E-state index is 0.0651. The summed E-state index contributed by atoms with van der Waals surface area (Å²) in [5, 5.41) is 3.06. The maximum absolute atomic E-state index is 12.1. The van der Waals surface area contributed by atoms with E-state index in [4.69, 9.17) is 4.74 Å². The monoisotopic (exact) mass is 290 g/mol. The molecule has 21 heavy (non-hydrogen) atoms. The van der Waals surface area contributed by atoms with Crippen LogP contribution in [0.1, 0.15) is 32.4 Å². The number of amides is 1. The van der Waals surface area contributed by atoms with Crippen LogP contribution < -0.4 is 5.32 Å². The fourth-order valence-corrected chi connectivity index (χ4v) is 2.38. The highest BCUT2D eigenvalue weighted by molar-refractivity contribution is 5.78. The molecular weight excluding hydrogens is 264 g/mol. The van der Waals surface area contributed by atoms with Gasteiger partial charge in [0.25, 0.3) is 0 Å². The normalized spacial score (nSPS) is 21.2. The number of hydrogen-bond donors (Lipinski definition) is 1. The number of nitrogens with zero attached hydrogens (tertiary/aromatic N) is 1. The van der Waals surface area contributed by atoms with Gasteiger partial charge >= 0.3 is 0 Å². The Hall–Kier alpha value is -1.39. The van der Waals surface area contributed by atoms with Gasteiger partial charge in [0.15, 0.2) is 0 Å². The summed E-state index contributed by atoms with van der Waals surface area (Å²) < 4.78 is 5.82. The van der Waals surface area contributed by atoms with E-state index in [0.717, 1.165) is 13.1 Å². The SMILES string of the molecule is CC(C)C(C)NC(=O)CN1CCOC(c2ccccc2)C1. The molecule has 1 heterocycles. The van der Waals surface area contributed by atoms with E-state index in [-0.39, 0.29) is 18.1 Å². The van der Waals surface area contributed by atoms with Gasteiger partial charge in [0.2, 0.25) is 5.91 Å². The second kappa shape index (κ2) is 7.57. The average Bonchev–Trinajstić information content (AvgIpc) is 2.48. The standard InChI is InChI=1S/C17H26N2O2/c1-13(2)14(3)18-17(20)12-19-9-10-21-16(11-19)15-7-5-4-6-8-15/h4-8,13-14,16H,9-12H2,1-3H3,(H,18,20). The molecule has 2 atom stereocenters. The largest absolute Gasteiger partial charge is 0.371 e. The second-order valence-corrected chi connectivity index (χ2v) is 6.11. The number of ether oxygens (including phenoxy) is 1. The minimum absolute atomic E-state index is 0.0651. The van der Waals surface area contributed by atoms with E-state index in [2.05, 4.69) is 43.1 Å². The Balaban J connectivity index is 1.85. The molecule has 0 bridgehead atoms. The summed E-state index contributed by atoms with van der Waals surface area (Å²) in [4.78, 5) is 14.2. The van der Waals surface area contributed by atoms with Crippen LogP contribution in [-0.4, -0.2) is 43.1 Å². The quantitative estimate of drug-likeness (QED) is 0.904. The van der Waals surface area contributed by atoms with Crippen LogP contribution in [0.25, 0.3) is 0 Å². The Morgan fingerprint density at radius 1 is 1.33 bits per heavy atom. The second-order valence-electron chi connectivity index (χ2n) is 6.11. The number of morpholine rings is 1. The molecule has 1 N–H and O–H groups in total. The molecule has 1 aromatic rings. The lowest BCUT2D eigenvalue weighted by atomic mass is 10.1. The molecule has 0 aromatic heterocycles. The van der Waals surface area contributed by atoms with Crippen LogP contribution in [0.15, 0.2) is 30.3 Å². The molecule has 4 nitrogen and oxygen atoms in total. The number of benzene rings is 1. The van der Waals surface area contributed by atoms with E-state index in [1.165, 1.54) is 5.56 Å². The lowest BCUT2D eigenvalue weighted by Gasteiger charge is -2.33. The molecule has 2 unspecified atom stereocenters. The summed E-state index contributed by atoms with van der Waals surface area (Å²) in [5.74, 6) is 0.556. The van der Waals surface area contributed by atoms with Crippen molar-refractivity contribution in [2.45, 2.75) is 32.9 Å². The molecule has 1 amide bonds. The van der Waals surface area contributed by atoms with Crippen LogP contribution in [0.4, 0.5) is 0 Å². The Bertz CT molecular complexity index is 447. The Labute approximate surface area is 127 Å². The lowest BCUT2D eigenvalue weighted by Crippen LogP contribution is -2.46. The van der Waals surface area contributed by atoms with Gasteiger partial charge in [0.05, 0.1) is 19.3 Å². The van der Waals surface area contributed by atoms with Crippen molar-refractivity contribution in [1.82, 2.24) is 10.2 Å². The zero-order chi connectivity index (χ0) is 15.2. The third-order valence-corrected chi connectivity index (χ3v) is 4.08. The highest BCUT2D eigenvalue weighted by Gasteiger charge is 2.23. The molecule has 4 heteroatoms. The minimum Gasteiger partial charge on any atom is -0.371 e. The summed E-state index contributed by atoms with van der Waals surface area (Å²) in [6, 6.07) is 10.4. The molecule has 0 radical (unpaired) electrons. The molecule has 0 spiro atoms. The number of carbonyl (C=O) groups is 1. The smallest absolute Gasteiger partial charge is 0.234 e. The molecule has 1 aliphatic heterocycles. The summed E-state index contributed by atoms with van der Waals surface area (Å²) in [6.45, 7) is 8.99. The van der Waals surface area contributed by atoms with Gasteiger partial charge in [-0.3, -0.25) is 9.69 Å². The molecule has 2 rings (SSSR count). The fourth-order valence-electron chi connectivity index (χ4n) is 2.38. The topological polar surface area (TPSA) is 41.6 Å². The van der Waals surface area contributed by atoms with Crippen molar-refractivity contribution >= 4 is 5.91 Å².